The predicted molar refractivity (Wildman–Crippen MR) is 135 cm³/mol. The number of halogens is 3. The lowest BCUT2D eigenvalue weighted by atomic mass is 9.95. The first-order chi connectivity index (χ1) is 16.9. The largest absolute Gasteiger partial charge is 0.324 e. The van der Waals surface area contributed by atoms with E-state index in [9.17, 15) is 8.78 Å². The highest BCUT2D eigenvalue weighted by atomic mass is 35.5. The Morgan fingerprint density at radius 3 is 2.51 bits per heavy atom. The van der Waals surface area contributed by atoms with Crippen LogP contribution in [0.4, 0.5) is 20.4 Å². The van der Waals surface area contributed by atoms with E-state index >= 15 is 0 Å². The molecular weight excluding hydrogens is 468 g/mol. The zero-order valence-electron chi connectivity index (χ0n) is 19.2. The van der Waals surface area contributed by atoms with Crippen LogP contribution in [0.15, 0.2) is 71.9 Å². The van der Waals surface area contributed by atoms with E-state index in [1.807, 2.05) is 32.3 Å². The first kappa shape index (κ1) is 23.1. The highest BCUT2D eigenvalue weighted by Gasteiger charge is 2.25. The Bertz CT molecular complexity index is 1430. The van der Waals surface area contributed by atoms with Crippen molar-refractivity contribution in [2.75, 3.05) is 19.4 Å². The van der Waals surface area contributed by atoms with E-state index in [0.29, 0.717) is 27.8 Å². The number of nitrogens with one attached hydrogen (secondary N) is 1. The first-order valence-corrected chi connectivity index (χ1v) is 11.4. The van der Waals surface area contributed by atoms with Crippen LogP contribution in [0.3, 0.4) is 0 Å². The summed E-state index contributed by atoms with van der Waals surface area (Å²) in [6.45, 7) is 0.977. The van der Waals surface area contributed by atoms with Crippen LogP contribution in [0.5, 0.6) is 0 Å². The summed E-state index contributed by atoms with van der Waals surface area (Å²) in [4.78, 5) is 15.9. The molecule has 0 unspecified atom stereocenters. The van der Waals surface area contributed by atoms with Crippen molar-refractivity contribution in [3.63, 3.8) is 0 Å². The Morgan fingerprint density at radius 2 is 1.74 bits per heavy atom. The molecule has 0 saturated carbocycles. The summed E-state index contributed by atoms with van der Waals surface area (Å²) in [5.41, 5.74) is 4.59. The van der Waals surface area contributed by atoms with Crippen molar-refractivity contribution in [3.05, 3.63) is 106 Å². The second-order valence-corrected chi connectivity index (χ2v) is 9.02. The molecule has 5 rings (SSSR count). The summed E-state index contributed by atoms with van der Waals surface area (Å²) >= 11 is 6.29. The minimum absolute atomic E-state index is 0.170. The van der Waals surface area contributed by atoms with Crippen molar-refractivity contribution >= 4 is 28.9 Å². The summed E-state index contributed by atoms with van der Waals surface area (Å²) in [6, 6.07) is 17.0. The third-order valence-corrected chi connectivity index (χ3v) is 5.88. The quantitative estimate of drug-likeness (QED) is 0.361. The molecule has 0 fully saturated rings. The van der Waals surface area contributed by atoms with Gasteiger partial charge in [-0.3, -0.25) is 4.99 Å². The SMILES string of the molecule is CN(C)Cc1cccc(Nc2ncc3c(n2)-c2ccc(Cl)cc2C(c2c(F)cccc2F)=NC3)c1. The van der Waals surface area contributed by atoms with Gasteiger partial charge in [0.1, 0.15) is 11.6 Å². The van der Waals surface area contributed by atoms with E-state index in [2.05, 4.69) is 26.3 Å². The van der Waals surface area contributed by atoms with Gasteiger partial charge in [-0.2, -0.15) is 0 Å². The molecule has 35 heavy (non-hydrogen) atoms. The highest BCUT2D eigenvalue weighted by molar-refractivity contribution is 6.31. The first-order valence-electron chi connectivity index (χ1n) is 11.0. The number of benzene rings is 3. The lowest BCUT2D eigenvalue weighted by Crippen LogP contribution is -2.10. The Morgan fingerprint density at radius 1 is 0.971 bits per heavy atom. The van der Waals surface area contributed by atoms with E-state index in [-0.39, 0.29) is 17.8 Å². The molecule has 4 aromatic rings. The molecular formula is C27H22ClF2N5. The third kappa shape index (κ3) is 4.78. The molecule has 1 aliphatic rings. The summed E-state index contributed by atoms with van der Waals surface area (Å²) in [5.74, 6) is -0.967. The summed E-state index contributed by atoms with van der Waals surface area (Å²) < 4.78 is 29.4. The zero-order chi connectivity index (χ0) is 24.5. The fourth-order valence-electron chi connectivity index (χ4n) is 4.16. The topological polar surface area (TPSA) is 53.4 Å². The number of aromatic nitrogens is 2. The standard InChI is InChI=1S/C27H22ClF2N5/c1-35(2)15-16-5-3-6-19(11-16)33-27-32-14-17-13-31-26(24-22(29)7-4-8-23(24)30)21-12-18(28)9-10-20(21)25(17)34-27/h3-12,14H,13,15H2,1-2H3,(H,32,33,34). The van der Waals surface area contributed by atoms with Gasteiger partial charge in [0.05, 0.1) is 23.5 Å². The number of fused-ring (bicyclic) bond motifs is 3. The van der Waals surface area contributed by atoms with Crippen LogP contribution in [0, 0.1) is 11.6 Å². The molecule has 0 radical (unpaired) electrons. The number of anilines is 2. The van der Waals surface area contributed by atoms with Crippen LogP contribution in [0.25, 0.3) is 11.3 Å². The van der Waals surface area contributed by atoms with Gasteiger partial charge in [0.2, 0.25) is 5.95 Å². The molecule has 0 atom stereocenters. The maximum absolute atomic E-state index is 14.7. The molecule has 0 amide bonds. The lowest BCUT2D eigenvalue weighted by Gasteiger charge is -2.14. The van der Waals surface area contributed by atoms with Crippen LogP contribution in [-0.2, 0) is 13.1 Å². The average Bonchev–Trinajstić information content (AvgIpc) is 2.96. The van der Waals surface area contributed by atoms with Gasteiger partial charge in [0.15, 0.2) is 0 Å². The minimum Gasteiger partial charge on any atom is -0.324 e. The van der Waals surface area contributed by atoms with E-state index in [1.54, 1.807) is 24.4 Å². The van der Waals surface area contributed by atoms with Crippen molar-refractivity contribution in [2.45, 2.75) is 13.1 Å². The maximum atomic E-state index is 14.7. The van der Waals surface area contributed by atoms with E-state index in [4.69, 9.17) is 16.6 Å². The fourth-order valence-corrected chi connectivity index (χ4v) is 4.34. The third-order valence-electron chi connectivity index (χ3n) is 5.65. The number of nitrogens with zero attached hydrogens (tertiary/aromatic N) is 4. The second kappa shape index (κ2) is 9.52. The number of rotatable bonds is 5. The molecule has 1 N–H and O–H groups in total. The molecule has 3 aromatic carbocycles. The molecule has 176 valence electrons. The Balaban J connectivity index is 1.57. The van der Waals surface area contributed by atoms with Crippen LogP contribution >= 0.6 is 11.6 Å². The van der Waals surface area contributed by atoms with Crippen molar-refractivity contribution < 1.29 is 8.78 Å². The Hall–Kier alpha value is -3.68. The van der Waals surface area contributed by atoms with E-state index in [0.717, 1.165) is 23.4 Å². The monoisotopic (exact) mass is 489 g/mol. The normalized spacial score (nSPS) is 12.6. The number of hydrogen-bond acceptors (Lipinski definition) is 5. The van der Waals surface area contributed by atoms with Gasteiger partial charge in [-0.25, -0.2) is 18.7 Å². The van der Waals surface area contributed by atoms with Gasteiger partial charge in [0, 0.05) is 40.1 Å². The van der Waals surface area contributed by atoms with Gasteiger partial charge < -0.3 is 10.2 Å². The second-order valence-electron chi connectivity index (χ2n) is 8.58. The van der Waals surface area contributed by atoms with Crippen molar-refractivity contribution in [2.24, 2.45) is 4.99 Å². The van der Waals surface area contributed by atoms with Crippen molar-refractivity contribution in [1.82, 2.24) is 14.9 Å². The van der Waals surface area contributed by atoms with E-state index in [1.165, 1.54) is 18.2 Å². The maximum Gasteiger partial charge on any atom is 0.227 e. The van der Waals surface area contributed by atoms with Crippen LogP contribution in [0.1, 0.15) is 22.3 Å². The Kier molecular flexibility index (Phi) is 6.28. The molecule has 0 aliphatic carbocycles. The lowest BCUT2D eigenvalue weighted by molar-refractivity contribution is 0.402. The van der Waals surface area contributed by atoms with E-state index < -0.39 is 11.6 Å². The molecule has 5 nitrogen and oxygen atoms in total. The molecule has 8 heteroatoms. The number of hydrogen-bond donors (Lipinski definition) is 1. The zero-order valence-corrected chi connectivity index (χ0v) is 19.9. The predicted octanol–water partition coefficient (Wildman–Crippen LogP) is 6.23. The highest BCUT2D eigenvalue weighted by Crippen LogP contribution is 2.34. The van der Waals surface area contributed by atoms with Gasteiger partial charge in [-0.05, 0) is 56.1 Å². The summed E-state index contributed by atoms with van der Waals surface area (Å²) in [7, 11) is 4.03. The molecule has 2 heterocycles. The smallest absolute Gasteiger partial charge is 0.227 e. The fraction of sp³-hybridized carbons (Fsp3) is 0.148. The average molecular weight is 490 g/mol. The summed E-state index contributed by atoms with van der Waals surface area (Å²) in [5, 5.41) is 3.70. The molecule has 1 aliphatic heterocycles. The van der Waals surface area contributed by atoms with Gasteiger partial charge in [-0.15, -0.1) is 0 Å². The molecule has 0 spiro atoms. The number of aliphatic imine (C=N–C) groups is 1. The van der Waals surface area contributed by atoms with Crippen molar-refractivity contribution in [1.29, 1.82) is 0 Å². The Labute approximate surface area is 207 Å². The van der Waals surface area contributed by atoms with Crippen LogP contribution < -0.4 is 5.32 Å². The van der Waals surface area contributed by atoms with Crippen LogP contribution in [0.2, 0.25) is 5.02 Å². The minimum atomic E-state index is -0.688. The van der Waals surface area contributed by atoms with Crippen molar-refractivity contribution in [3.8, 4) is 11.3 Å². The van der Waals surface area contributed by atoms with Gasteiger partial charge >= 0.3 is 0 Å². The van der Waals surface area contributed by atoms with Crippen LogP contribution in [-0.4, -0.2) is 34.7 Å². The van der Waals surface area contributed by atoms with Gasteiger partial charge in [0.25, 0.3) is 0 Å². The molecule has 0 bridgehead atoms. The summed E-state index contributed by atoms with van der Waals surface area (Å²) in [6.07, 6.45) is 1.69. The molecule has 1 aromatic heterocycles. The van der Waals surface area contributed by atoms with Gasteiger partial charge in [-0.1, -0.05) is 35.9 Å². The molecule has 0 saturated heterocycles.